The van der Waals surface area contributed by atoms with Crippen molar-refractivity contribution in [1.82, 2.24) is 9.97 Å². The van der Waals surface area contributed by atoms with Crippen LogP contribution in [0.3, 0.4) is 0 Å². The first kappa shape index (κ1) is 10.9. The molecule has 3 aromatic rings. The van der Waals surface area contributed by atoms with Gasteiger partial charge in [0.25, 0.3) is 0 Å². The molecule has 0 radical (unpaired) electrons. The van der Waals surface area contributed by atoms with Gasteiger partial charge in [0.2, 0.25) is 0 Å². The van der Waals surface area contributed by atoms with E-state index in [2.05, 4.69) is 17.1 Å². The zero-order valence-electron chi connectivity index (χ0n) is 10.3. The van der Waals surface area contributed by atoms with Gasteiger partial charge in [0.05, 0.1) is 0 Å². The maximum atomic E-state index is 5.77. The molecule has 19 heavy (non-hydrogen) atoms. The Balaban J connectivity index is 1.84. The Morgan fingerprint density at radius 3 is 2.58 bits per heavy atom. The van der Waals surface area contributed by atoms with Crippen LogP contribution < -0.4 is 5.73 Å². The van der Waals surface area contributed by atoms with Crippen LogP contribution in [-0.2, 0) is 5.41 Å². The lowest BCUT2D eigenvalue weighted by atomic mass is 9.96. The van der Waals surface area contributed by atoms with Gasteiger partial charge in [-0.3, -0.25) is 0 Å². The first-order valence-corrected chi connectivity index (χ1v) is 7.18. The molecule has 2 aromatic heterocycles. The number of hydrogen-bond donors (Lipinski definition) is 1. The molecular formula is C15H13N3S. The van der Waals surface area contributed by atoms with Crippen molar-refractivity contribution in [2.24, 2.45) is 0 Å². The van der Waals surface area contributed by atoms with Crippen LogP contribution in [0.15, 0.2) is 42.6 Å². The summed E-state index contributed by atoms with van der Waals surface area (Å²) in [4.78, 5) is 10.2. The Bertz CT molecular complexity index is 708. The van der Waals surface area contributed by atoms with Crippen molar-refractivity contribution in [3.8, 4) is 0 Å². The fourth-order valence-corrected chi connectivity index (χ4v) is 3.70. The maximum absolute atomic E-state index is 5.77. The lowest BCUT2D eigenvalue weighted by Gasteiger charge is -2.12. The maximum Gasteiger partial charge on any atom is 0.143 e. The summed E-state index contributed by atoms with van der Waals surface area (Å²) < 4.78 is 0. The zero-order chi connectivity index (χ0) is 12.9. The first-order chi connectivity index (χ1) is 9.28. The molecule has 3 nitrogen and oxygen atoms in total. The van der Waals surface area contributed by atoms with Gasteiger partial charge in [-0.25, -0.2) is 9.97 Å². The van der Waals surface area contributed by atoms with E-state index in [1.54, 1.807) is 11.3 Å². The number of thiazole rings is 1. The lowest BCUT2D eigenvalue weighted by molar-refractivity contribution is 0.838. The van der Waals surface area contributed by atoms with Crippen LogP contribution in [-0.4, -0.2) is 9.97 Å². The van der Waals surface area contributed by atoms with Gasteiger partial charge in [-0.1, -0.05) is 23.5 Å². The van der Waals surface area contributed by atoms with Crippen LogP contribution in [0.25, 0.3) is 10.3 Å². The van der Waals surface area contributed by atoms with E-state index < -0.39 is 0 Å². The van der Waals surface area contributed by atoms with Crippen LogP contribution in [0.4, 0.5) is 5.69 Å². The van der Waals surface area contributed by atoms with Crippen LogP contribution in [0.2, 0.25) is 0 Å². The number of aromatic nitrogens is 2. The molecule has 2 heterocycles. The number of benzene rings is 1. The van der Waals surface area contributed by atoms with Gasteiger partial charge in [0, 0.05) is 17.3 Å². The second-order valence-electron chi connectivity index (χ2n) is 5.05. The minimum absolute atomic E-state index is 0.110. The van der Waals surface area contributed by atoms with E-state index in [9.17, 15) is 0 Å². The standard InChI is InChI=1S/C15H13N3S/c16-11-5-3-10(4-6-11)15(7-8-15)14-18-12-2-1-9-17-13(12)19-14/h1-6,9H,7-8,16H2. The minimum Gasteiger partial charge on any atom is -0.399 e. The number of nitrogens with zero attached hydrogens (tertiary/aromatic N) is 2. The van der Waals surface area contributed by atoms with Gasteiger partial charge in [-0.15, -0.1) is 0 Å². The topological polar surface area (TPSA) is 51.8 Å². The first-order valence-electron chi connectivity index (χ1n) is 6.36. The fraction of sp³-hybridized carbons (Fsp3) is 0.200. The summed E-state index contributed by atoms with van der Waals surface area (Å²) in [5, 5.41) is 1.19. The number of pyridine rings is 1. The second kappa shape index (κ2) is 3.78. The molecule has 4 rings (SSSR count). The molecule has 1 fully saturated rings. The fourth-order valence-electron chi connectivity index (χ4n) is 2.53. The average molecular weight is 267 g/mol. The summed E-state index contributed by atoms with van der Waals surface area (Å²) >= 11 is 1.71. The van der Waals surface area contributed by atoms with Gasteiger partial charge >= 0.3 is 0 Å². The highest BCUT2D eigenvalue weighted by molar-refractivity contribution is 7.18. The van der Waals surface area contributed by atoms with E-state index in [0.717, 1.165) is 28.9 Å². The van der Waals surface area contributed by atoms with Crippen molar-refractivity contribution in [3.63, 3.8) is 0 Å². The minimum atomic E-state index is 0.110. The molecule has 0 amide bonds. The predicted molar refractivity (Wildman–Crippen MR) is 78.3 cm³/mol. The number of fused-ring (bicyclic) bond motifs is 1. The number of nitrogens with two attached hydrogens (primary N) is 1. The molecule has 2 N–H and O–H groups in total. The number of hydrogen-bond acceptors (Lipinski definition) is 4. The Kier molecular flexibility index (Phi) is 2.17. The molecule has 1 aromatic carbocycles. The molecule has 0 bridgehead atoms. The largest absolute Gasteiger partial charge is 0.399 e. The van der Waals surface area contributed by atoms with Crippen molar-refractivity contribution in [2.75, 3.05) is 5.73 Å². The molecule has 0 atom stereocenters. The van der Waals surface area contributed by atoms with Gasteiger partial charge in [-0.2, -0.15) is 0 Å². The Labute approximate surface area is 115 Å². The molecule has 0 aliphatic heterocycles. The lowest BCUT2D eigenvalue weighted by Crippen LogP contribution is -2.07. The van der Waals surface area contributed by atoms with Crippen molar-refractivity contribution in [1.29, 1.82) is 0 Å². The quantitative estimate of drug-likeness (QED) is 0.724. The normalized spacial score (nSPS) is 16.6. The summed E-state index contributed by atoms with van der Waals surface area (Å²) in [6.45, 7) is 0. The molecule has 4 heteroatoms. The highest BCUT2D eigenvalue weighted by Gasteiger charge is 2.48. The average Bonchev–Trinajstić information content (AvgIpc) is 3.13. The Morgan fingerprint density at radius 1 is 1.11 bits per heavy atom. The summed E-state index contributed by atoms with van der Waals surface area (Å²) in [6.07, 6.45) is 4.15. The zero-order valence-corrected chi connectivity index (χ0v) is 11.2. The third-order valence-electron chi connectivity index (χ3n) is 3.79. The number of rotatable bonds is 2. The molecule has 0 spiro atoms. The van der Waals surface area contributed by atoms with Crippen molar-refractivity contribution in [3.05, 3.63) is 53.2 Å². The highest BCUT2D eigenvalue weighted by Crippen LogP contribution is 2.54. The molecule has 0 unspecified atom stereocenters. The third kappa shape index (κ3) is 1.64. The summed E-state index contributed by atoms with van der Waals surface area (Å²) in [6, 6.07) is 12.2. The van der Waals surface area contributed by atoms with Gasteiger partial charge in [-0.05, 0) is 42.7 Å². The SMILES string of the molecule is Nc1ccc(C2(c3nc4cccnc4s3)CC2)cc1. The Hall–Kier alpha value is -1.94. The van der Waals surface area contributed by atoms with Crippen LogP contribution in [0.5, 0.6) is 0 Å². The van der Waals surface area contributed by atoms with Crippen molar-refractivity contribution in [2.45, 2.75) is 18.3 Å². The van der Waals surface area contributed by atoms with E-state index in [1.807, 2.05) is 30.5 Å². The third-order valence-corrected chi connectivity index (χ3v) is 4.97. The van der Waals surface area contributed by atoms with Gasteiger partial charge in [0.15, 0.2) is 0 Å². The van der Waals surface area contributed by atoms with Crippen molar-refractivity contribution < 1.29 is 0 Å². The molecular weight excluding hydrogens is 254 g/mol. The smallest absolute Gasteiger partial charge is 0.143 e. The molecule has 1 aliphatic carbocycles. The summed E-state index contributed by atoms with van der Waals surface area (Å²) in [5.41, 5.74) is 9.01. The summed E-state index contributed by atoms with van der Waals surface area (Å²) in [7, 11) is 0. The monoisotopic (exact) mass is 267 g/mol. The van der Waals surface area contributed by atoms with Gasteiger partial charge in [0.1, 0.15) is 15.4 Å². The second-order valence-corrected chi connectivity index (χ2v) is 6.03. The number of anilines is 1. The molecule has 1 saturated carbocycles. The number of nitrogen functional groups attached to an aromatic ring is 1. The molecule has 1 aliphatic rings. The van der Waals surface area contributed by atoms with Crippen molar-refractivity contribution >= 4 is 27.4 Å². The predicted octanol–water partition coefficient (Wildman–Crippen LogP) is 3.35. The van der Waals surface area contributed by atoms with E-state index in [-0.39, 0.29) is 5.41 Å². The van der Waals surface area contributed by atoms with Crippen LogP contribution >= 0.6 is 11.3 Å². The van der Waals surface area contributed by atoms with Gasteiger partial charge < -0.3 is 5.73 Å². The molecule has 94 valence electrons. The molecule has 0 saturated heterocycles. The van der Waals surface area contributed by atoms with E-state index in [4.69, 9.17) is 10.7 Å². The van der Waals surface area contributed by atoms with E-state index >= 15 is 0 Å². The highest BCUT2D eigenvalue weighted by atomic mass is 32.1. The summed E-state index contributed by atoms with van der Waals surface area (Å²) in [5.74, 6) is 0. The van der Waals surface area contributed by atoms with Crippen LogP contribution in [0, 0.1) is 0 Å². The van der Waals surface area contributed by atoms with E-state index in [0.29, 0.717) is 0 Å². The van der Waals surface area contributed by atoms with Crippen LogP contribution in [0.1, 0.15) is 23.4 Å². The Morgan fingerprint density at radius 2 is 1.89 bits per heavy atom. The van der Waals surface area contributed by atoms with E-state index in [1.165, 1.54) is 10.6 Å².